The SMILES string of the molecule is C=C(C(=O)NOC1CCCCO1)c1ccn(S(=O)(=O)c2ccc(CN)cc2)c1. The molecule has 1 atom stereocenters. The van der Waals surface area contributed by atoms with Gasteiger partial charge in [-0.1, -0.05) is 18.7 Å². The summed E-state index contributed by atoms with van der Waals surface area (Å²) >= 11 is 0. The molecule has 1 aliphatic rings. The van der Waals surface area contributed by atoms with E-state index in [4.69, 9.17) is 15.3 Å². The van der Waals surface area contributed by atoms with Gasteiger partial charge in [0, 0.05) is 43.1 Å². The third-order valence-electron chi connectivity index (χ3n) is 4.45. The van der Waals surface area contributed by atoms with E-state index in [-0.39, 0.29) is 10.5 Å². The molecule has 3 N–H and O–H groups in total. The van der Waals surface area contributed by atoms with Crippen molar-refractivity contribution in [2.45, 2.75) is 37.0 Å². The Hall–Kier alpha value is -2.46. The van der Waals surface area contributed by atoms with Gasteiger partial charge in [0.05, 0.1) is 4.90 Å². The highest BCUT2D eigenvalue weighted by molar-refractivity contribution is 7.90. The van der Waals surface area contributed by atoms with Crippen molar-refractivity contribution in [2.75, 3.05) is 6.61 Å². The molecule has 150 valence electrons. The van der Waals surface area contributed by atoms with Gasteiger partial charge in [-0.05, 0) is 36.6 Å². The molecule has 1 unspecified atom stereocenters. The summed E-state index contributed by atoms with van der Waals surface area (Å²) in [7, 11) is -3.78. The van der Waals surface area contributed by atoms with Crippen LogP contribution in [0.15, 0.2) is 54.2 Å². The molecule has 1 aliphatic heterocycles. The molecule has 3 rings (SSSR count). The van der Waals surface area contributed by atoms with Crippen molar-refractivity contribution in [3.63, 3.8) is 0 Å². The Balaban J connectivity index is 1.67. The second-order valence-corrected chi connectivity index (χ2v) is 8.25. The van der Waals surface area contributed by atoms with Crippen molar-refractivity contribution in [3.8, 4) is 0 Å². The maximum Gasteiger partial charge on any atom is 0.274 e. The van der Waals surface area contributed by atoms with Crippen molar-refractivity contribution in [1.29, 1.82) is 0 Å². The predicted octanol–water partition coefficient (Wildman–Crippen LogP) is 1.77. The molecule has 0 aliphatic carbocycles. The third-order valence-corrected chi connectivity index (χ3v) is 6.10. The first-order valence-corrected chi connectivity index (χ1v) is 10.4. The molecular formula is C19H23N3O5S. The van der Waals surface area contributed by atoms with Crippen LogP contribution in [0.1, 0.15) is 30.4 Å². The lowest BCUT2D eigenvalue weighted by Crippen LogP contribution is -2.33. The summed E-state index contributed by atoms with van der Waals surface area (Å²) in [5.41, 5.74) is 9.13. The van der Waals surface area contributed by atoms with Gasteiger partial charge in [-0.25, -0.2) is 22.7 Å². The number of nitrogens with one attached hydrogen (secondary N) is 1. The standard InChI is InChI=1S/C19H23N3O5S/c1-14(19(23)21-27-18-4-2-3-11-26-18)16-9-10-22(13-16)28(24,25)17-7-5-15(12-20)6-8-17/h5-10,13,18H,1-4,11-12,20H2,(H,21,23). The molecule has 9 heteroatoms. The highest BCUT2D eigenvalue weighted by atomic mass is 32.2. The molecule has 28 heavy (non-hydrogen) atoms. The maximum absolute atomic E-state index is 12.7. The van der Waals surface area contributed by atoms with Gasteiger partial charge in [0.1, 0.15) is 0 Å². The molecule has 0 radical (unpaired) electrons. The molecule has 2 aromatic rings. The number of ether oxygens (including phenoxy) is 1. The molecule has 1 fully saturated rings. The first-order valence-electron chi connectivity index (χ1n) is 8.91. The average molecular weight is 405 g/mol. The Labute approximate surface area is 163 Å². The molecule has 0 bridgehead atoms. The second-order valence-electron chi connectivity index (χ2n) is 6.41. The number of hydrogen-bond donors (Lipinski definition) is 2. The van der Waals surface area contributed by atoms with Crippen LogP contribution in [0.2, 0.25) is 0 Å². The molecule has 1 saturated heterocycles. The van der Waals surface area contributed by atoms with Gasteiger partial charge in [-0.3, -0.25) is 4.79 Å². The third kappa shape index (κ3) is 4.50. The number of rotatable bonds is 7. The fourth-order valence-electron chi connectivity index (χ4n) is 2.74. The predicted molar refractivity (Wildman–Crippen MR) is 103 cm³/mol. The smallest absolute Gasteiger partial charge is 0.274 e. The first-order chi connectivity index (χ1) is 13.4. The van der Waals surface area contributed by atoms with E-state index < -0.39 is 22.2 Å². The van der Waals surface area contributed by atoms with Crippen molar-refractivity contribution >= 4 is 21.5 Å². The van der Waals surface area contributed by atoms with Gasteiger partial charge >= 0.3 is 0 Å². The number of hydroxylamine groups is 1. The van der Waals surface area contributed by atoms with E-state index in [2.05, 4.69) is 12.1 Å². The zero-order valence-corrected chi connectivity index (χ0v) is 16.2. The van der Waals surface area contributed by atoms with Gasteiger partial charge in [0.25, 0.3) is 15.9 Å². The summed E-state index contributed by atoms with van der Waals surface area (Å²) in [6.45, 7) is 4.65. The van der Waals surface area contributed by atoms with Crippen LogP contribution in [-0.2, 0) is 30.9 Å². The lowest BCUT2D eigenvalue weighted by Gasteiger charge is -2.22. The minimum Gasteiger partial charge on any atom is -0.350 e. The summed E-state index contributed by atoms with van der Waals surface area (Å²) in [4.78, 5) is 17.6. The Bertz CT molecular complexity index is 944. The monoisotopic (exact) mass is 405 g/mol. The number of hydrogen-bond acceptors (Lipinski definition) is 6. The van der Waals surface area contributed by atoms with Crippen molar-refractivity contribution in [1.82, 2.24) is 9.45 Å². The van der Waals surface area contributed by atoms with Crippen molar-refractivity contribution in [3.05, 3.63) is 60.4 Å². The van der Waals surface area contributed by atoms with Crippen LogP contribution >= 0.6 is 0 Å². The van der Waals surface area contributed by atoms with Crippen molar-refractivity contribution < 1.29 is 22.8 Å². The summed E-state index contributed by atoms with van der Waals surface area (Å²) < 4.78 is 31.9. The number of nitrogens with two attached hydrogens (primary N) is 1. The molecule has 1 amide bonds. The lowest BCUT2D eigenvalue weighted by molar-refractivity contribution is -0.197. The van der Waals surface area contributed by atoms with E-state index in [0.29, 0.717) is 25.1 Å². The Morgan fingerprint density at radius 3 is 2.68 bits per heavy atom. The minimum absolute atomic E-state index is 0.0863. The molecule has 0 spiro atoms. The summed E-state index contributed by atoms with van der Waals surface area (Å²) in [5, 5.41) is 0. The molecular weight excluding hydrogens is 382 g/mol. The first kappa shape index (κ1) is 20.3. The Morgan fingerprint density at radius 2 is 2.04 bits per heavy atom. The summed E-state index contributed by atoms with van der Waals surface area (Å²) in [5.74, 6) is -0.559. The number of nitrogens with zero attached hydrogens (tertiary/aromatic N) is 1. The van der Waals surface area contributed by atoms with Crippen molar-refractivity contribution in [2.24, 2.45) is 5.73 Å². The van der Waals surface area contributed by atoms with Crippen LogP contribution in [0.4, 0.5) is 0 Å². The molecule has 2 heterocycles. The van der Waals surface area contributed by atoms with Crippen LogP contribution in [0.3, 0.4) is 0 Å². The topological polar surface area (TPSA) is 113 Å². The van der Waals surface area contributed by atoms with Crippen LogP contribution < -0.4 is 11.2 Å². The molecule has 0 saturated carbocycles. The summed E-state index contributed by atoms with van der Waals surface area (Å²) in [6, 6.07) is 7.82. The molecule has 8 nitrogen and oxygen atoms in total. The zero-order chi connectivity index (χ0) is 20.1. The zero-order valence-electron chi connectivity index (χ0n) is 15.3. The number of carbonyl (C=O) groups is 1. The quantitative estimate of drug-likeness (QED) is 0.536. The van der Waals surface area contributed by atoms with Crippen LogP contribution in [0.25, 0.3) is 5.57 Å². The van der Waals surface area contributed by atoms with E-state index in [9.17, 15) is 13.2 Å². The largest absolute Gasteiger partial charge is 0.350 e. The van der Waals surface area contributed by atoms with Gasteiger partial charge in [-0.15, -0.1) is 0 Å². The number of benzene rings is 1. The second kappa shape index (κ2) is 8.70. The van der Waals surface area contributed by atoms with Gasteiger partial charge < -0.3 is 10.5 Å². The summed E-state index contributed by atoms with van der Waals surface area (Å²) in [6.07, 6.45) is 4.86. The molecule has 1 aromatic carbocycles. The lowest BCUT2D eigenvalue weighted by atomic mass is 10.1. The fraction of sp³-hybridized carbons (Fsp3) is 0.316. The van der Waals surface area contributed by atoms with Crippen LogP contribution in [0.5, 0.6) is 0 Å². The number of carbonyl (C=O) groups excluding carboxylic acids is 1. The van der Waals surface area contributed by atoms with E-state index >= 15 is 0 Å². The van der Waals surface area contributed by atoms with E-state index in [1.807, 2.05) is 0 Å². The van der Waals surface area contributed by atoms with E-state index in [1.54, 1.807) is 12.1 Å². The van der Waals surface area contributed by atoms with Crippen LogP contribution in [0, 0.1) is 0 Å². The highest BCUT2D eigenvalue weighted by Crippen LogP contribution is 2.20. The fourth-order valence-corrected chi connectivity index (χ4v) is 3.94. The van der Waals surface area contributed by atoms with E-state index in [1.165, 1.54) is 30.6 Å². The number of amides is 1. The normalized spacial score (nSPS) is 17.2. The number of aromatic nitrogens is 1. The molecule has 1 aromatic heterocycles. The van der Waals surface area contributed by atoms with Gasteiger partial charge in [0.15, 0.2) is 6.29 Å². The van der Waals surface area contributed by atoms with Crippen LogP contribution in [-0.4, -0.2) is 31.2 Å². The maximum atomic E-state index is 12.7. The minimum atomic E-state index is -3.78. The average Bonchev–Trinajstić information content (AvgIpc) is 3.23. The van der Waals surface area contributed by atoms with Gasteiger partial charge in [-0.2, -0.15) is 0 Å². The Morgan fingerprint density at radius 1 is 1.29 bits per heavy atom. The van der Waals surface area contributed by atoms with E-state index in [0.717, 1.165) is 22.4 Å². The Kier molecular flexibility index (Phi) is 6.30. The van der Waals surface area contributed by atoms with Gasteiger partial charge in [0.2, 0.25) is 0 Å². The highest BCUT2D eigenvalue weighted by Gasteiger charge is 2.20.